The van der Waals surface area contributed by atoms with E-state index in [9.17, 15) is 4.79 Å². The van der Waals surface area contributed by atoms with Crippen molar-refractivity contribution in [1.29, 1.82) is 0 Å². The maximum Gasteiger partial charge on any atom is 0.272 e. The Balaban J connectivity index is 2.16. The first-order chi connectivity index (χ1) is 9.44. The van der Waals surface area contributed by atoms with E-state index in [1.54, 1.807) is 4.68 Å². The van der Waals surface area contributed by atoms with Gasteiger partial charge in [-0.05, 0) is 17.9 Å². The lowest BCUT2D eigenvalue weighted by Gasteiger charge is -2.23. The van der Waals surface area contributed by atoms with E-state index in [2.05, 4.69) is 40.2 Å². The summed E-state index contributed by atoms with van der Waals surface area (Å²) in [5.74, 6) is -0.107. The Labute approximate surface area is 127 Å². The highest BCUT2D eigenvalue weighted by Crippen LogP contribution is 2.21. The number of benzene rings is 1. The molecule has 0 saturated carbocycles. The highest BCUT2D eigenvalue weighted by atomic mass is 79.9. The predicted octanol–water partition coefficient (Wildman–Crippen LogP) is 3.11. The van der Waals surface area contributed by atoms with Crippen molar-refractivity contribution in [3.8, 4) is 0 Å². The van der Waals surface area contributed by atoms with Gasteiger partial charge in [0.25, 0.3) is 5.91 Å². The average molecular weight is 338 g/mol. The Hall–Kier alpha value is -1.36. The third-order valence-electron chi connectivity index (χ3n) is 3.47. The van der Waals surface area contributed by atoms with Gasteiger partial charge in [-0.1, -0.05) is 48.0 Å². The third-order valence-corrected chi connectivity index (χ3v) is 3.87. The number of aryl methyl sites for hydroxylation is 1. The van der Waals surface area contributed by atoms with E-state index in [4.69, 9.17) is 0 Å². The van der Waals surface area contributed by atoms with Gasteiger partial charge in [0.1, 0.15) is 0 Å². The lowest BCUT2D eigenvalue weighted by atomic mass is 9.90. The maximum atomic E-state index is 12.3. The number of hydrogen-bond donors (Lipinski definition) is 1. The summed E-state index contributed by atoms with van der Waals surface area (Å²) < 4.78 is 1.74. The molecule has 0 radical (unpaired) electrons. The number of fused-ring (bicyclic) bond motifs is 1. The lowest BCUT2D eigenvalue weighted by Crippen LogP contribution is -2.34. The zero-order valence-electron chi connectivity index (χ0n) is 12.1. The quantitative estimate of drug-likeness (QED) is 0.852. The first-order valence-electron chi connectivity index (χ1n) is 6.70. The number of halogens is 1. The third kappa shape index (κ3) is 3.20. The molecule has 5 heteroatoms. The molecule has 4 nitrogen and oxygen atoms in total. The molecule has 1 amide bonds. The van der Waals surface area contributed by atoms with E-state index in [0.717, 1.165) is 22.7 Å². The van der Waals surface area contributed by atoms with Gasteiger partial charge in [0.05, 0.1) is 5.52 Å². The van der Waals surface area contributed by atoms with E-state index in [0.29, 0.717) is 12.2 Å². The molecule has 20 heavy (non-hydrogen) atoms. The number of nitrogens with one attached hydrogen (secondary N) is 1. The number of aromatic nitrogens is 2. The molecule has 2 aromatic rings. The molecule has 0 unspecified atom stereocenters. The molecule has 0 fully saturated rings. The van der Waals surface area contributed by atoms with Gasteiger partial charge in [-0.3, -0.25) is 9.48 Å². The van der Waals surface area contributed by atoms with Crippen LogP contribution in [-0.2, 0) is 7.05 Å². The molecule has 1 N–H and O–H groups in total. The Morgan fingerprint density at radius 1 is 1.40 bits per heavy atom. The van der Waals surface area contributed by atoms with Crippen LogP contribution in [0.15, 0.2) is 24.3 Å². The molecule has 108 valence electrons. The summed E-state index contributed by atoms with van der Waals surface area (Å²) in [6.07, 6.45) is 1.01. The van der Waals surface area contributed by atoms with E-state index in [1.165, 1.54) is 0 Å². The molecule has 0 spiro atoms. The van der Waals surface area contributed by atoms with Crippen molar-refractivity contribution >= 4 is 32.7 Å². The fraction of sp³-hybridized carbons (Fsp3) is 0.467. The first kappa shape index (κ1) is 15.0. The lowest BCUT2D eigenvalue weighted by molar-refractivity contribution is 0.0932. The van der Waals surface area contributed by atoms with Crippen molar-refractivity contribution in [3.05, 3.63) is 30.0 Å². The Morgan fingerprint density at radius 3 is 2.80 bits per heavy atom. The number of carbonyl (C=O) groups is 1. The number of rotatable bonds is 5. The first-order valence-corrected chi connectivity index (χ1v) is 7.83. The van der Waals surface area contributed by atoms with Crippen LogP contribution in [0, 0.1) is 5.41 Å². The number of carbonyl (C=O) groups excluding carboxylic acids is 1. The summed E-state index contributed by atoms with van der Waals surface area (Å²) in [5, 5.41) is 9.15. The number of alkyl halides is 1. The fourth-order valence-corrected chi connectivity index (χ4v) is 3.20. The summed E-state index contributed by atoms with van der Waals surface area (Å²) in [4.78, 5) is 12.3. The van der Waals surface area contributed by atoms with Crippen LogP contribution in [0.25, 0.3) is 10.9 Å². The highest BCUT2D eigenvalue weighted by Gasteiger charge is 2.21. The molecule has 0 aliphatic carbocycles. The van der Waals surface area contributed by atoms with E-state index in [1.807, 2.05) is 31.3 Å². The van der Waals surface area contributed by atoms with Gasteiger partial charge in [0.15, 0.2) is 5.69 Å². The average Bonchev–Trinajstić information content (AvgIpc) is 2.74. The van der Waals surface area contributed by atoms with Gasteiger partial charge in [-0.2, -0.15) is 5.10 Å². The van der Waals surface area contributed by atoms with Gasteiger partial charge >= 0.3 is 0 Å². The summed E-state index contributed by atoms with van der Waals surface area (Å²) in [5.41, 5.74) is 1.54. The second kappa shape index (κ2) is 5.95. The molecule has 2 rings (SSSR count). The molecule has 1 aromatic carbocycles. The zero-order chi connectivity index (χ0) is 14.8. The van der Waals surface area contributed by atoms with E-state index in [-0.39, 0.29) is 11.3 Å². The van der Waals surface area contributed by atoms with E-state index >= 15 is 0 Å². The highest BCUT2D eigenvalue weighted by molar-refractivity contribution is 9.09. The van der Waals surface area contributed by atoms with Crippen molar-refractivity contribution in [2.45, 2.75) is 20.3 Å². The van der Waals surface area contributed by atoms with Crippen LogP contribution in [0.2, 0.25) is 0 Å². The van der Waals surface area contributed by atoms with Crippen molar-refractivity contribution in [1.82, 2.24) is 15.1 Å². The fourth-order valence-electron chi connectivity index (χ4n) is 2.13. The second-order valence-corrected chi connectivity index (χ2v) is 6.57. The molecule has 0 saturated heterocycles. The van der Waals surface area contributed by atoms with Gasteiger partial charge in [-0.15, -0.1) is 0 Å². The number of nitrogens with zero attached hydrogens (tertiary/aromatic N) is 2. The minimum Gasteiger partial charge on any atom is -0.350 e. The number of para-hydroxylation sites is 1. The van der Waals surface area contributed by atoms with Crippen LogP contribution < -0.4 is 5.32 Å². The molecule has 0 aliphatic rings. The molecule has 1 aromatic heterocycles. The van der Waals surface area contributed by atoms with Crippen molar-refractivity contribution in [2.75, 3.05) is 11.9 Å². The van der Waals surface area contributed by atoms with Crippen molar-refractivity contribution in [2.24, 2.45) is 12.5 Å². The van der Waals surface area contributed by atoms with Gasteiger partial charge in [0, 0.05) is 24.3 Å². The zero-order valence-corrected chi connectivity index (χ0v) is 13.7. The van der Waals surface area contributed by atoms with Crippen LogP contribution in [0.3, 0.4) is 0 Å². The van der Waals surface area contributed by atoms with Gasteiger partial charge < -0.3 is 5.32 Å². The SMILES string of the molecule is Cn1nc(C(=O)NCC(C)(C)CCBr)c2ccccc21. The summed E-state index contributed by atoms with van der Waals surface area (Å²) in [6, 6.07) is 7.77. The molecule has 0 bridgehead atoms. The molecule has 1 heterocycles. The maximum absolute atomic E-state index is 12.3. The summed E-state index contributed by atoms with van der Waals surface area (Å²) in [6.45, 7) is 4.93. The minimum absolute atomic E-state index is 0.0732. The van der Waals surface area contributed by atoms with Crippen molar-refractivity contribution in [3.63, 3.8) is 0 Å². The van der Waals surface area contributed by atoms with Gasteiger partial charge in [0.2, 0.25) is 0 Å². The minimum atomic E-state index is -0.107. The Bertz CT molecular complexity index is 619. The molecular weight excluding hydrogens is 318 g/mol. The van der Waals surface area contributed by atoms with Crippen molar-refractivity contribution < 1.29 is 4.79 Å². The molecular formula is C15H20BrN3O. The van der Waals surface area contributed by atoms with Crippen LogP contribution in [0.4, 0.5) is 0 Å². The summed E-state index contributed by atoms with van der Waals surface area (Å²) >= 11 is 3.44. The smallest absolute Gasteiger partial charge is 0.272 e. The topological polar surface area (TPSA) is 46.9 Å². The standard InChI is InChI=1S/C15H20BrN3O/c1-15(2,8-9-16)10-17-14(20)13-11-6-4-5-7-12(11)19(3)18-13/h4-7H,8-10H2,1-3H3,(H,17,20). The Kier molecular flexibility index (Phi) is 4.48. The van der Waals surface area contributed by atoms with Crippen LogP contribution in [0.1, 0.15) is 30.8 Å². The number of hydrogen-bond acceptors (Lipinski definition) is 2. The normalized spacial score (nSPS) is 11.8. The van der Waals surface area contributed by atoms with Crippen LogP contribution >= 0.6 is 15.9 Å². The molecule has 0 aliphatic heterocycles. The number of amides is 1. The van der Waals surface area contributed by atoms with Crippen LogP contribution in [-0.4, -0.2) is 27.6 Å². The van der Waals surface area contributed by atoms with E-state index < -0.39 is 0 Å². The van der Waals surface area contributed by atoms with Crippen LogP contribution in [0.5, 0.6) is 0 Å². The summed E-state index contributed by atoms with van der Waals surface area (Å²) in [7, 11) is 1.86. The predicted molar refractivity (Wildman–Crippen MR) is 85.2 cm³/mol. The largest absolute Gasteiger partial charge is 0.350 e. The second-order valence-electron chi connectivity index (χ2n) is 5.78. The Morgan fingerprint density at radius 2 is 2.10 bits per heavy atom. The molecule has 0 atom stereocenters. The van der Waals surface area contributed by atoms with Gasteiger partial charge in [-0.25, -0.2) is 0 Å². The monoisotopic (exact) mass is 337 g/mol.